The molecule has 17 heavy (non-hydrogen) atoms. The van der Waals surface area contributed by atoms with Crippen LogP contribution in [0.1, 0.15) is 17.5 Å². The van der Waals surface area contributed by atoms with Crippen molar-refractivity contribution in [2.75, 3.05) is 25.5 Å². The first kappa shape index (κ1) is 13.5. The van der Waals surface area contributed by atoms with Crippen molar-refractivity contribution >= 4 is 11.6 Å². The predicted octanol–water partition coefficient (Wildman–Crippen LogP) is 1.03. The minimum atomic E-state index is 0.0553. The molecule has 3 N–H and O–H groups in total. The fourth-order valence-corrected chi connectivity index (χ4v) is 1.94. The molecular formula is C13H21N3O. The molecule has 0 fully saturated rings. The SMILES string of the molecule is CNC(=O)CCN(C)c1c(C)cccc1CN. The van der Waals surface area contributed by atoms with Crippen molar-refractivity contribution in [3.63, 3.8) is 0 Å². The molecule has 0 spiro atoms. The number of carbonyl (C=O) groups is 1. The van der Waals surface area contributed by atoms with Gasteiger partial charge >= 0.3 is 0 Å². The Balaban J connectivity index is 2.80. The molecule has 4 heteroatoms. The summed E-state index contributed by atoms with van der Waals surface area (Å²) in [5.74, 6) is 0.0553. The summed E-state index contributed by atoms with van der Waals surface area (Å²) in [5.41, 5.74) is 9.17. The van der Waals surface area contributed by atoms with Crippen LogP contribution >= 0.6 is 0 Å². The minimum Gasteiger partial charge on any atom is -0.374 e. The summed E-state index contributed by atoms with van der Waals surface area (Å²) in [6, 6.07) is 6.09. The molecule has 1 aromatic carbocycles. The van der Waals surface area contributed by atoms with Gasteiger partial charge in [-0.05, 0) is 18.1 Å². The molecule has 0 saturated heterocycles. The third-order valence-corrected chi connectivity index (χ3v) is 2.88. The molecule has 1 aromatic rings. The van der Waals surface area contributed by atoms with E-state index in [4.69, 9.17) is 5.73 Å². The molecule has 0 saturated carbocycles. The quantitative estimate of drug-likeness (QED) is 0.801. The summed E-state index contributed by atoms with van der Waals surface area (Å²) >= 11 is 0. The summed E-state index contributed by atoms with van der Waals surface area (Å²) in [6.07, 6.45) is 0.491. The van der Waals surface area contributed by atoms with E-state index in [0.717, 1.165) is 11.3 Å². The van der Waals surface area contributed by atoms with Crippen LogP contribution < -0.4 is 16.0 Å². The molecule has 0 aliphatic rings. The topological polar surface area (TPSA) is 58.4 Å². The molecule has 0 radical (unpaired) electrons. The van der Waals surface area contributed by atoms with E-state index in [9.17, 15) is 4.79 Å². The smallest absolute Gasteiger partial charge is 0.221 e. The number of nitrogens with two attached hydrogens (primary N) is 1. The number of nitrogens with zero attached hydrogens (tertiary/aromatic N) is 1. The molecule has 1 amide bonds. The molecule has 0 heterocycles. The maximum atomic E-state index is 11.2. The first-order valence-corrected chi connectivity index (χ1v) is 5.80. The molecule has 4 nitrogen and oxygen atoms in total. The van der Waals surface area contributed by atoms with Crippen LogP contribution in [-0.4, -0.2) is 26.5 Å². The van der Waals surface area contributed by atoms with E-state index in [2.05, 4.69) is 23.2 Å². The van der Waals surface area contributed by atoms with Crippen LogP contribution in [0, 0.1) is 6.92 Å². The molecular weight excluding hydrogens is 214 g/mol. The zero-order valence-electron chi connectivity index (χ0n) is 10.8. The molecule has 0 aliphatic heterocycles. The van der Waals surface area contributed by atoms with E-state index in [1.165, 1.54) is 5.56 Å². The minimum absolute atomic E-state index is 0.0553. The van der Waals surface area contributed by atoms with Gasteiger partial charge in [0.05, 0.1) is 0 Å². The van der Waals surface area contributed by atoms with Gasteiger partial charge in [0.2, 0.25) is 5.91 Å². The summed E-state index contributed by atoms with van der Waals surface area (Å²) in [7, 11) is 3.64. The highest BCUT2D eigenvalue weighted by molar-refractivity contribution is 5.76. The van der Waals surface area contributed by atoms with Crippen LogP contribution in [0.25, 0.3) is 0 Å². The zero-order valence-corrected chi connectivity index (χ0v) is 10.8. The van der Waals surface area contributed by atoms with E-state index in [0.29, 0.717) is 19.5 Å². The lowest BCUT2D eigenvalue weighted by atomic mass is 10.1. The van der Waals surface area contributed by atoms with Gasteiger partial charge in [0.25, 0.3) is 0 Å². The van der Waals surface area contributed by atoms with Crippen molar-refractivity contribution in [3.8, 4) is 0 Å². The molecule has 0 atom stereocenters. The highest BCUT2D eigenvalue weighted by Crippen LogP contribution is 2.23. The molecule has 0 aliphatic carbocycles. The number of benzene rings is 1. The van der Waals surface area contributed by atoms with Gasteiger partial charge in [-0.15, -0.1) is 0 Å². The maximum absolute atomic E-state index is 11.2. The second kappa shape index (κ2) is 6.25. The van der Waals surface area contributed by atoms with Crippen LogP contribution in [0.5, 0.6) is 0 Å². The number of amides is 1. The van der Waals surface area contributed by atoms with Crippen molar-refractivity contribution in [2.24, 2.45) is 5.73 Å². The van der Waals surface area contributed by atoms with Crippen molar-refractivity contribution in [2.45, 2.75) is 19.9 Å². The van der Waals surface area contributed by atoms with Gasteiger partial charge in [-0.2, -0.15) is 0 Å². The van der Waals surface area contributed by atoms with Crippen molar-refractivity contribution in [3.05, 3.63) is 29.3 Å². The van der Waals surface area contributed by atoms with E-state index in [1.54, 1.807) is 7.05 Å². The normalized spacial score (nSPS) is 10.1. The van der Waals surface area contributed by atoms with Gasteiger partial charge in [-0.25, -0.2) is 0 Å². The van der Waals surface area contributed by atoms with Crippen LogP contribution in [0.15, 0.2) is 18.2 Å². The highest BCUT2D eigenvalue weighted by atomic mass is 16.1. The Morgan fingerprint density at radius 3 is 2.76 bits per heavy atom. The second-order valence-electron chi connectivity index (χ2n) is 4.13. The van der Waals surface area contributed by atoms with Gasteiger partial charge in [0.1, 0.15) is 0 Å². The molecule has 0 unspecified atom stereocenters. The summed E-state index contributed by atoms with van der Waals surface area (Å²) in [6.45, 7) is 3.27. The van der Waals surface area contributed by atoms with E-state index in [1.807, 2.05) is 19.2 Å². The Morgan fingerprint density at radius 2 is 2.18 bits per heavy atom. The number of rotatable bonds is 5. The lowest BCUT2D eigenvalue weighted by Gasteiger charge is -2.24. The molecule has 1 rings (SSSR count). The third kappa shape index (κ3) is 3.46. The van der Waals surface area contributed by atoms with Gasteiger partial charge in [-0.1, -0.05) is 18.2 Å². The summed E-state index contributed by atoms with van der Waals surface area (Å²) in [4.78, 5) is 13.3. The first-order valence-electron chi connectivity index (χ1n) is 5.80. The molecule has 0 aromatic heterocycles. The summed E-state index contributed by atoms with van der Waals surface area (Å²) in [5, 5.41) is 2.62. The highest BCUT2D eigenvalue weighted by Gasteiger charge is 2.10. The lowest BCUT2D eigenvalue weighted by molar-refractivity contribution is -0.120. The van der Waals surface area contributed by atoms with Crippen molar-refractivity contribution in [1.29, 1.82) is 0 Å². The van der Waals surface area contributed by atoms with E-state index < -0.39 is 0 Å². The Kier molecular flexibility index (Phi) is 4.97. The first-order chi connectivity index (χ1) is 8.10. The van der Waals surface area contributed by atoms with Crippen molar-refractivity contribution < 1.29 is 4.79 Å². The monoisotopic (exact) mass is 235 g/mol. The number of anilines is 1. The Bertz CT molecular complexity index is 390. The zero-order chi connectivity index (χ0) is 12.8. The van der Waals surface area contributed by atoms with Crippen LogP contribution in [0.4, 0.5) is 5.69 Å². The predicted molar refractivity (Wildman–Crippen MR) is 71.0 cm³/mol. The number of para-hydroxylation sites is 1. The number of carbonyl (C=O) groups excluding carboxylic acids is 1. The van der Waals surface area contributed by atoms with E-state index in [-0.39, 0.29) is 5.91 Å². The average molecular weight is 235 g/mol. The number of aryl methyl sites for hydroxylation is 1. The number of nitrogens with one attached hydrogen (secondary N) is 1. The Morgan fingerprint density at radius 1 is 1.47 bits per heavy atom. The van der Waals surface area contributed by atoms with Gasteiger partial charge in [0, 0.05) is 39.3 Å². The van der Waals surface area contributed by atoms with Gasteiger partial charge < -0.3 is 16.0 Å². The van der Waals surface area contributed by atoms with Gasteiger partial charge in [-0.3, -0.25) is 4.79 Å². The standard InChI is InChI=1S/C13H21N3O/c1-10-5-4-6-11(9-14)13(10)16(3)8-7-12(17)15-2/h4-6H,7-9,14H2,1-3H3,(H,15,17). The summed E-state index contributed by atoms with van der Waals surface area (Å²) < 4.78 is 0. The van der Waals surface area contributed by atoms with E-state index >= 15 is 0 Å². The Hall–Kier alpha value is -1.55. The number of hydrogen-bond acceptors (Lipinski definition) is 3. The molecule has 94 valence electrons. The fourth-order valence-electron chi connectivity index (χ4n) is 1.94. The van der Waals surface area contributed by atoms with Gasteiger partial charge in [0.15, 0.2) is 0 Å². The Labute approximate surface area is 103 Å². The fraction of sp³-hybridized carbons (Fsp3) is 0.462. The van der Waals surface area contributed by atoms with Crippen LogP contribution in [0.3, 0.4) is 0 Å². The number of hydrogen-bond donors (Lipinski definition) is 2. The van der Waals surface area contributed by atoms with Crippen LogP contribution in [-0.2, 0) is 11.3 Å². The molecule has 0 bridgehead atoms. The second-order valence-corrected chi connectivity index (χ2v) is 4.13. The maximum Gasteiger partial charge on any atom is 0.221 e. The third-order valence-electron chi connectivity index (χ3n) is 2.88. The van der Waals surface area contributed by atoms with Crippen molar-refractivity contribution in [1.82, 2.24) is 5.32 Å². The largest absolute Gasteiger partial charge is 0.374 e. The average Bonchev–Trinajstić information content (AvgIpc) is 2.34. The van der Waals surface area contributed by atoms with Crippen LogP contribution in [0.2, 0.25) is 0 Å². The lowest BCUT2D eigenvalue weighted by Crippen LogP contribution is -2.27.